The quantitative estimate of drug-likeness (QED) is 0.827. The van der Waals surface area contributed by atoms with Crippen LogP contribution in [0.3, 0.4) is 0 Å². The molecule has 0 bridgehead atoms. The van der Waals surface area contributed by atoms with E-state index in [0.717, 1.165) is 36.1 Å². The van der Waals surface area contributed by atoms with Crippen LogP contribution < -0.4 is 4.74 Å². The Kier molecular flexibility index (Phi) is 3.25. The van der Waals surface area contributed by atoms with E-state index in [0.29, 0.717) is 23.4 Å². The van der Waals surface area contributed by atoms with Gasteiger partial charge in [0.05, 0.1) is 0 Å². The largest absolute Gasteiger partial charge is 0.486 e. The topological polar surface area (TPSA) is 46.5 Å². The molecule has 1 fully saturated rings. The Labute approximate surface area is 123 Å². The van der Waals surface area contributed by atoms with Crippen LogP contribution in [0.15, 0.2) is 23.8 Å². The van der Waals surface area contributed by atoms with Gasteiger partial charge in [0.25, 0.3) is 0 Å². The number of hydrogen-bond donors (Lipinski definition) is 1. The Hall–Kier alpha value is -1.48. The molecule has 1 aliphatic carbocycles. The summed E-state index contributed by atoms with van der Waals surface area (Å²) < 4.78 is 6.13. The molecule has 2 aliphatic rings. The maximum Gasteiger partial charge on any atom is 0.331 e. The molecule has 0 unspecified atom stereocenters. The predicted octanol–water partition coefficient (Wildman–Crippen LogP) is 4.29. The van der Waals surface area contributed by atoms with Crippen molar-refractivity contribution in [1.82, 2.24) is 0 Å². The Bertz CT molecular complexity index is 600. The van der Waals surface area contributed by atoms with Gasteiger partial charge in [-0.1, -0.05) is 18.5 Å². The number of carbonyl (C=O) groups is 1. The predicted molar refractivity (Wildman–Crippen MR) is 78.1 cm³/mol. The maximum atomic E-state index is 11.5. The van der Waals surface area contributed by atoms with E-state index in [1.54, 1.807) is 6.07 Å². The second kappa shape index (κ2) is 4.81. The molecule has 20 heavy (non-hydrogen) atoms. The van der Waals surface area contributed by atoms with Crippen LogP contribution in [0.25, 0.3) is 5.57 Å². The lowest BCUT2D eigenvalue weighted by atomic mass is 9.72. The van der Waals surface area contributed by atoms with Crippen molar-refractivity contribution in [3.63, 3.8) is 0 Å². The zero-order valence-corrected chi connectivity index (χ0v) is 12.2. The normalized spacial score (nSPS) is 21.7. The van der Waals surface area contributed by atoms with E-state index in [9.17, 15) is 9.90 Å². The van der Waals surface area contributed by atoms with Crippen molar-refractivity contribution in [2.75, 3.05) is 0 Å². The third kappa shape index (κ3) is 2.10. The van der Waals surface area contributed by atoms with Crippen LogP contribution in [0.4, 0.5) is 0 Å². The van der Waals surface area contributed by atoms with Gasteiger partial charge in [0.15, 0.2) is 0 Å². The number of aliphatic carboxylic acids is 1. The van der Waals surface area contributed by atoms with Crippen molar-refractivity contribution < 1.29 is 14.6 Å². The summed E-state index contributed by atoms with van der Waals surface area (Å²) in [6.45, 7) is 1.88. The van der Waals surface area contributed by atoms with E-state index < -0.39 is 5.97 Å². The fraction of sp³-hybridized carbons (Fsp3) is 0.438. The van der Waals surface area contributed by atoms with Crippen molar-refractivity contribution >= 4 is 23.1 Å². The Balaban J connectivity index is 2.18. The van der Waals surface area contributed by atoms with Crippen LogP contribution in [0.1, 0.15) is 44.6 Å². The molecule has 1 aromatic rings. The van der Waals surface area contributed by atoms with Crippen LogP contribution in [-0.4, -0.2) is 16.7 Å². The highest BCUT2D eigenvalue weighted by Crippen LogP contribution is 2.50. The third-order valence-corrected chi connectivity index (χ3v) is 4.57. The number of ether oxygens (including phenoxy) is 1. The molecule has 0 saturated heterocycles. The SMILES string of the molecule is CC/C(C(=O)O)=C1/CC2(CCC2)Oc2ccc(Cl)cc21. The lowest BCUT2D eigenvalue weighted by molar-refractivity contribution is -0.132. The van der Waals surface area contributed by atoms with Crippen molar-refractivity contribution in [2.45, 2.75) is 44.6 Å². The molecule has 4 heteroatoms. The molecule has 0 amide bonds. The standard InChI is InChI=1S/C16H17ClO3/c1-2-11(15(18)19)13-9-16(6-3-7-16)20-14-5-4-10(17)8-12(13)14/h4-5,8H,2-3,6-7,9H2,1H3,(H,18,19)/b13-11+. The van der Waals surface area contributed by atoms with Crippen molar-refractivity contribution in [3.8, 4) is 5.75 Å². The molecular weight excluding hydrogens is 276 g/mol. The van der Waals surface area contributed by atoms with Gasteiger partial charge in [-0.2, -0.15) is 0 Å². The first-order chi connectivity index (χ1) is 9.54. The van der Waals surface area contributed by atoms with Gasteiger partial charge < -0.3 is 9.84 Å². The fourth-order valence-corrected chi connectivity index (χ4v) is 3.30. The summed E-state index contributed by atoms with van der Waals surface area (Å²) in [5.41, 5.74) is 2.02. The minimum absolute atomic E-state index is 0.188. The van der Waals surface area contributed by atoms with Gasteiger partial charge in [0.1, 0.15) is 11.4 Å². The van der Waals surface area contributed by atoms with Crippen molar-refractivity contribution in [1.29, 1.82) is 0 Å². The van der Waals surface area contributed by atoms with E-state index in [1.165, 1.54) is 0 Å². The number of hydrogen-bond acceptors (Lipinski definition) is 2. The average molecular weight is 293 g/mol. The first-order valence-corrected chi connectivity index (χ1v) is 7.37. The number of benzene rings is 1. The maximum absolute atomic E-state index is 11.5. The average Bonchev–Trinajstić information content (AvgIpc) is 2.37. The van der Waals surface area contributed by atoms with Crippen LogP contribution in [0.2, 0.25) is 5.02 Å². The molecule has 3 rings (SSSR count). The van der Waals surface area contributed by atoms with E-state index in [2.05, 4.69) is 0 Å². The summed E-state index contributed by atoms with van der Waals surface area (Å²) >= 11 is 6.06. The Morgan fingerprint density at radius 2 is 2.20 bits per heavy atom. The highest BCUT2D eigenvalue weighted by molar-refractivity contribution is 6.30. The van der Waals surface area contributed by atoms with Gasteiger partial charge in [-0.05, 0) is 49.5 Å². The molecule has 1 spiro atoms. The number of halogens is 1. The Morgan fingerprint density at radius 3 is 2.75 bits per heavy atom. The van der Waals surface area contributed by atoms with Gasteiger partial charge in [-0.3, -0.25) is 0 Å². The van der Waals surface area contributed by atoms with Gasteiger partial charge in [-0.25, -0.2) is 4.79 Å². The van der Waals surface area contributed by atoms with Crippen LogP contribution in [-0.2, 0) is 4.79 Å². The third-order valence-electron chi connectivity index (χ3n) is 4.33. The lowest BCUT2D eigenvalue weighted by Crippen LogP contribution is -2.45. The van der Waals surface area contributed by atoms with E-state index >= 15 is 0 Å². The zero-order valence-electron chi connectivity index (χ0n) is 11.4. The smallest absolute Gasteiger partial charge is 0.331 e. The number of fused-ring (bicyclic) bond motifs is 1. The van der Waals surface area contributed by atoms with Gasteiger partial charge >= 0.3 is 5.97 Å². The molecule has 0 radical (unpaired) electrons. The molecular formula is C16H17ClO3. The van der Waals surface area contributed by atoms with Crippen LogP contribution >= 0.6 is 11.6 Å². The molecule has 1 N–H and O–H groups in total. The summed E-state index contributed by atoms with van der Waals surface area (Å²) in [5, 5.41) is 10.1. The molecule has 3 nitrogen and oxygen atoms in total. The van der Waals surface area contributed by atoms with Gasteiger partial charge in [0, 0.05) is 22.6 Å². The summed E-state index contributed by atoms with van der Waals surface area (Å²) in [7, 11) is 0. The van der Waals surface area contributed by atoms with Gasteiger partial charge in [-0.15, -0.1) is 0 Å². The van der Waals surface area contributed by atoms with Crippen molar-refractivity contribution in [3.05, 3.63) is 34.4 Å². The molecule has 0 aromatic heterocycles. The molecule has 1 saturated carbocycles. The molecule has 1 aliphatic heterocycles. The number of carboxylic acids is 1. The molecule has 1 heterocycles. The monoisotopic (exact) mass is 292 g/mol. The second-order valence-corrected chi connectivity index (χ2v) is 6.01. The summed E-state index contributed by atoms with van der Waals surface area (Å²) in [4.78, 5) is 11.5. The van der Waals surface area contributed by atoms with Gasteiger partial charge in [0.2, 0.25) is 0 Å². The highest BCUT2D eigenvalue weighted by atomic mass is 35.5. The highest BCUT2D eigenvalue weighted by Gasteiger charge is 2.44. The zero-order chi connectivity index (χ0) is 14.3. The molecule has 0 atom stereocenters. The first-order valence-electron chi connectivity index (χ1n) is 6.99. The van der Waals surface area contributed by atoms with E-state index in [4.69, 9.17) is 16.3 Å². The summed E-state index contributed by atoms with van der Waals surface area (Å²) in [5.74, 6) is -0.0765. The van der Waals surface area contributed by atoms with E-state index in [1.807, 2.05) is 19.1 Å². The molecule has 106 valence electrons. The second-order valence-electron chi connectivity index (χ2n) is 5.57. The lowest BCUT2D eigenvalue weighted by Gasteiger charge is -2.46. The fourth-order valence-electron chi connectivity index (χ4n) is 3.13. The molecule has 1 aromatic carbocycles. The van der Waals surface area contributed by atoms with Crippen molar-refractivity contribution in [2.24, 2.45) is 0 Å². The first kappa shape index (κ1) is 13.5. The minimum Gasteiger partial charge on any atom is -0.486 e. The number of carboxylic acid groups (broad SMARTS) is 1. The van der Waals surface area contributed by atoms with E-state index in [-0.39, 0.29) is 5.60 Å². The summed E-state index contributed by atoms with van der Waals surface area (Å²) in [6, 6.07) is 5.46. The Morgan fingerprint density at radius 1 is 1.45 bits per heavy atom. The summed E-state index contributed by atoms with van der Waals surface area (Å²) in [6.07, 6.45) is 4.32. The van der Waals surface area contributed by atoms with Crippen LogP contribution in [0.5, 0.6) is 5.75 Å². The minimum atomic E-state index is -0.843. The number of rotatable bonds is 2. The van der Waals surface area contributed by atoms with Crippen LogP contribution in [0, 0.1) is 0 Å².